The van der Waals surface area contributed by atoms with E-state index in [4.69, 9.17) is 11.6 Å². The number of amides is 2. The number of fused-ring (bicyclic) bond motifs is 1. The maximum Gasteiger partial charge on any atom is 0.265 e. The van der Waals surface area contributed by atoms with Crippen LogP contribution in [0.5, 0.6) is 0 Å². The average Bonchev–Trinajstić information content (AvgIpc) is 3.27. The van der Waals surface area contributed by atoms with Crippen LogP contribution in [0, 0.1) is 5.41 Å². The number of benzene rings is 1. The molecule has 10 heteroatoms. The molecule has 1 aliphatic heterocycles. The highest BCUT2D eigenvalue weighted by molar-refractivity contribution is 6.30. The molecule has 4 aromatic rings. The van der Waals surface area contributed by atoms with Crippen LogP contribution in [0.3, 0.4) is 0 Å². The highest BCUT2D eigenvalue weighted by atomic mass is 35.5. The molecule has 0 spiro atoms. The molecule has 0 unspecified atom stereocenters. The lowest BCUT2D eigenvalue weighted by Crippen LogP contribution is -2.56. The van der Waals surface area contributed by atoms with Gasteiger partial charge in [-0.2, -0.15) is 5.10 Å². The summed E-state index contributed by atoms with van der Waals surface area (Å²) in [5.74, 6) is -0.692. The second-order valence-electron chi connectivity index (χ2n) is 10.6. The number of rotatable bonds is 7. The van der Waals surface area contributed by atoms with Crippen LogP contribution in [-0.2, 0) is 31.4 Å². The number of aryl methyl sites for hydroxylation is 1. The molecule has 1 aliphatic rings. The van der Waals surface area contributed by atoms with E-state index >= 15 is 0 Å². The number of carbonyl (C=O) groups excluding carboxylic acids is 2. The maximum atomic E-state index is 13.5. The lowest BCUT2D eigenvalue weighted by molar-refractivity contribution is -0.142. The minimum Gasteiger partial charge on any atom is -0.348 e. The summed E-state index contributed by atoms with van der Waals surface area (Å²) < 4.78 is 3.10. The molecule has 5 rings (SSSR count). The Kier molecular flexibility index (Phi) is 6.79. The van der Waals surface area contributed by atoms with Crippen LogP contribution in [0.1, 0.15) is 41.0 Å². The summed E-state index contributed by atoms with van der Waals surface area (Å²) in [4.78, 5) is 46.0. The zero-order chi connectivity index (χ0) is 27.0. The summed E-state index contributed by atoms with van der Waals surface area (Å²) in [6.07, 6.45) is 4.01. The van der Waals surface area contributed by atoms with Crippen molar-refractivity contribution in [1.29, 1.82) is 0 Å². The number of hydrogen-bond donors (Lipinski definition) is 1. The van der Waals surface area contributed by atoms with Crippen molar-refractivity contribution < 1.29 is 9.59 Å². The molecule has 0 saturated carbocycles. The molecule has 1 fully saturated rings. The van der Waals surface area contributed by atoms with E-state index < -0.39 is 11.5 Å². The van der Waals surface area contributed by atoms with Gasteiger partial charge in [-0.1, -0.05) is 37.6 Å². The number of aromatic nitrogens is 4. The van der Waals surface area contributed by atoms with Crippen molar-refractivity contribution in [3.8, 4) is 0 Å². The average molecular weight is 533 g/mol. The van der Waals surface area contributed by atoms with Crippen molar-refractivity contribution in [2.45, 2.75) is 33.4 Å². The summed E-state index contributed by atoms with van der Waals surface area (Å²) in [6, 6.07) is 12.5. The number of pyridine rings is 2. The summed E-state index contributed by atoms with van der Waals surface area (Å²) in [5.41, 5.74) is 2.58. The largest absolute Gasteiger partial charge is 0.348 e. The molecule has 1 N–H and O–H groups in total. The summed E-state index contributed by atoms with van der Waals surface area (Å²) >= 11 is 5.95. The molecule has 1 aromatic carbocycles. The monoisotopic (exact) mass is 532 g/mol. The summed E-state index contributed by atoms with van der Waals surface area (Å²) in [5, 5.41) is 8.23. The zero-order valence-electron chi connectivity index (χ0n) is 21.6. The van der Waals surface area contributed by atoms with Crippen LogP contribution in [0.2, 0.25) is 5.02 Å². The van der Waals surface area contributed by atoms with Crippen LogP contribution in [0.4, 0.5) is 0 Å². The lowest BCUT2D eigenvalue weighted by atomic mass is 9.84. The Hall–Kier alpha value is -3.98. The van der Waals surface area contributed by atoms with E-state index in [1.54, 1.807) is 40.2 Å². The first-order chi connectivity index (χ1) is 18.1. The number of hydrogen-bond acceptors (Lipinski definition) is 5. The molecule has 4 heterocycles. The molecule has 0 aliphatic carbocycles. The van der Waals surface area contributed by atoms with Crippen molar-refractivity contribution in [1.82, 2.24) is 29.5 Å². The zero-order valence-corrected chi connectivity index (χ0v) is 22.3. The van der Waals surface area contributed by atoms with Gasteiger partial charge in [0.2, 0.25) is 5.91 Å². The summed E-state index contributed by atoms with van der Waals surface area (Å²) in [7, 11) is 1.87. The van der Waals surface area contributed by atoms with Crippen LogP contribution >= 0.6 is 11.6 Å². The molecule has 0 bridgehead atoms. The predicted molar refractivity (Wildman–Crippen MR) is 145 cm³/mol. The van der Waals surface area contributed by atoms with Gasteiger partial charge in [-0.25, -0.2) is 4.98 Å². The molecule has 196 valence electrons. The third-order valence-electron chi connectivity index (χ3n) is 6.79. The third kappa shape index (κ3) is 5.33. The van der Waals surface area contributed by atoms with Gasteiger partial charge < -0.3 is 10.2 Å². The Labute approximate surface area is 225 Å². The molecule has 9 nitrogen and oxygen atoms in total. The van der Waals surface area contributed by atoms with Crippen molar-refractivity contribution in [3.05, 3.63) is 92.6 Å². The number of nitrogens with one attached hydrogen (secondary N) is 1. The fourth-order valence-corrected chi connectivity index (χ4v) is 4.91. The van der Waals surface area contributed by atoms with E-state index in [1.807, 2.05) is 31.3 Å². The number of carbonyl (C=O) groups is 2. The standard InChI is InChI=1S/C28H29ClN6O3/c1-28(2)16-34(17-28)24(36)15-35-25-20(10-19(14-30-25)11-22-8-9-32-33(22)3)12-23(27(35)38)26(37)31-13-18-4-6-21(29)7-5-18/h4-10,12,14H,11,13,15-17H2,1-3H3,(H,31,37). The van der Waals surface area contributed by atoms with E-state index in [2.05, 4.69) is 29.2 Å². The number of likely N-dealkylation sites (tertiary alicyclic amines) is 1. The van der Waals surface area contributed by atoms with Crippen LogP contribution in [0.15, 0.2) is 59.7 Å². The van der Waals surface area contributed by atoms with Crippen LogP contribution in [-0.4, -0.2) is 49.1 Å². The smallest absolute Gasteiger partial charge is 0.265 e. The van der Waals surface area contributed by atoms with Gasteiger partial charge in [0.25, 0.3) is 11.5 Å². The first-order valence-corrected chi connectivity index (χ1v) is 12.8. The molecular formula is C28H29ClN6O3. The highest BCUT2D eigenvalue weighted by Gasteiger charge is 2.37. The van der Waals surface area contributed by atoms with Gasteiger partial charge in [-0.15, -0.1) is 0 Å². The van der Waals surface area contributed by atoms with Gasteiger partial charge in [-0.05, 0) is 46.9 Å². The topological polar surface area (TPSA) is 102 Å². The highest BCUT2D eigenvalue weighted by Crippen LogP contribution is 2.29. The fraction of sp³-hybridized carbons (Fsp3) is 0.321. The normalized spacial score (nSPS) is 14.4. The molecule has 0 radical (unpaired) electrons. The van der Waals surface area contributed by atoms with Gasteiger partial charge in [0.15, 0.2) is 0 Å². The third-order valence-corrected chi connectivity index (χ3v) is 7.04. The Bertz CT molecular complexity index is 1580. The Morgan fingerprint density at radius 3 is 2.47 bits per heavy atom. The lowest BCUT2D eigenvalue weighted by Gasteiger charge is -2.45. The Morgan fingerprint density at radius 1 is 1.08 bits per heavy atom. The Balaban J connectivity index is 1.49. The minimum atomic E-state index is -0.550. The maximum absolute atomic E-state index is 13.5. The van der Waals surface area contributed by atoms with Crippen molar-refractivity contribution >= 4 is 34.4 Å². The SMILES string of the molecule is Cn1nccc1Cc1cnc2c(c1)cc(C(=O)NCc1ccc(Cl)cc1)c(=O)n2CC(=O)N1CC(C)(C)C1. The van der Waals surface area contributed by atoms with E-state index in [0.717, 1.165) is 16.8 Å². The van der Waals surface area contributed by atoms with E-state index in [-0.39, 0.29) is 30.0 Å². The van der Waals surface area contributed by atoms with Gasteiger partial charge >= 0.3 is 0 Å². The number of halogens is 1. The van der Waals surface area contributed by atoms with Crippen LogP contribution in [0.25, 0.3) is 11.0 Å². The van der Waals surface area contributed by atoms with Crippen molar-refractivity contribution in [3.63, 3.8) is 0 Å². The molecule has 2 amide bonds. The second kappa shape index (κ2) is 10.1. The summed E-state index contributed by atoms with van der Waals surface area (Å²) in [6.45, 7) is 5.49. The quantitative estimate of drug-likeness (QED) is 0.394. The van der Waals surface area contributed by atoms with Crippen LogP contribution < -0.4 is 10.9 Å². The molecule has 3 aromatic heterocycles. The first kappa shape index (κ1) is 25.7. The van der Waals surface area contributed by atoms with Gasteiger partial charge in [0.1, 0.15) is 17.8 Å². The predicted octanol–water partition coefficient (Wildman–Crippen LogP) is 3.17. The molecule has 38 heavy (non-hydrogen) atoms. The van der Waals surface area contributed by atoms with Gasteiger partial charge in [-0.3, -0.25) is 23.6 Å². The Morgan fingerprint density at radius 2 is 1.82 bits per heavy atom. The van der Waals surface area contributed by atoms with E-state index in [0.29, 0.717) is 35.6 Å². The second-order valence-corrected chi connectivity index (χ2v) is 11.0. The first-order valence-electron chi connectivity index (χ1n) is 12.4. The molecular weight excluding hydrogens is 504 g/mol. The van der Waals surface area contributed by atoms with E-state index in [9.17, 15) is 14.4 Å². The molecule has 1 saturated heterocycles. The van der Waals surface area contributed by atoms with E-state index in [1.165, 1.54) is 4.57 Å². The fourth-order valence-electron chi connectivity index (χ4n) is 4.78. The minimum absolute atomic E-state index is 0.0392. The molecule has 0 atom stereocenters. The van der Waals surface area contributed by atoms with Crippen molar-refractivity contribution in [2.24, 2.45) is 12.5 Å². The van der Waals surface area contributed by atoms with Crippen molar-refractivity contribution in [2.75, 3.05) is 13.1 Å². The van der Waals surface area contributed by atoms with Gasteiger partial charge in [0, 0.05) is 61.6 Å². The van der Waals surface area contributed by atoms with Gasteiger partial charge in [0.05, 0.1) is 0 Å². The number of nitrogens with zero attached hydrogens (tertiary/aromatic N) is 5.